The highest BCUT2D eigenvalue weighted by molar-refractivity contribution is 5.99. The van der Waals surface area contributed by atoms with E-state index in [1.165, 1.54) is 0 Å². The summed E-state index contributed by atoms with van der Waals surface area (Å²) in [7, 11) is 0. The maximum Gasteiger partial charge on any atom is 0.249 e. The number of ketones is 1. The Hall–Kier alpha value is -3.10. The lowest BCUT2D eigenvalue weighted by molar-refractivity contribution is -0.170. The molecule has 1 aliphatic carbocycles. The van der Waals surface area contributed by atoms with E-state index in [0.29, 0.717) is 44.3 Å². The number of carbonyl (C=O) groups excluding carboxylic acids is 3. The average molecular weight is 415 g/mol. The van der Waals surface area contributed by atoms with E-state index in [2.05, 4.69) is 10.3 Å². The van der Waals surface area contributed by atoms with Gasteiger partial charge in [-0.3, -0.25) is 14.4 Å². The highest BCUT2D eigenvalue weighted by atomic mass is 19.1. The van der Waals surface area contributed by atoms with Gasteiger partial charge in [0.1, 0.15) is 23.7 Å². The number of rotatable bonds is 6. The second-order valence-corrected chi connectivity index (χ2v) is 7.61. The third-order valence-electron chi connectivity index (χ3n) is 5.97. The summed E-state index contributed by atoms with van der Waals surface area (Å²) in [6.45, 7) is 4.11. The molecule has 8 nitrogen and oxygen atoms in total. The summed E-state index contributed by atoms with van der Waals surface area (Å²) in [4.78, 5) is 45.6. The Balaban J connectivity index is 1.82. The minimum absolute atomic E-state index is 0.0170. The summed E-state index contributed by atoms with van der Waals surface area (Å²) in [5.74, 6) is -0.450. The van der Waals surface area contributed by atoms with Crippen LogP contribution in [0, 0.1) is 5.41 Å². The Morgan fingerprint density at radius 1 is 1.33 bits per heavy atom. The van der Waals surface area contributed by atoms with Crippen LogP contribution in [0.15, 0.2) is 30.4 Å². The number of carbonyl (C=O) groups is 3. The Morgan fingerprint density at radius 3 is 2.60 bits per heavy atom. The van der Waals surface area contributed by atoms with Crippen molar-refractivity contribution in [2.75, 3.05) is 18.4 Å². The van der Waals surface area contributed by atoms with Gasteiger partial charge in [0.25, 0.3) is 0 Å². The van der Waals surface area contributed by atoms with E-state index in [0.717, 1.165) is 11.8 Å². The first-order valence-electron chi connectivity index (χ1n) is 10.0. The molecule has 1 atom stereocenters. The van der Waals surface area contributed by atoms with Crippen molar-refractivity contribution in [2.24, 2.45) is 0 Å². The van der Waals surface area contributed by atoms with E-state index in [1.54, 1.807) is 28.1 Å². The minimum Gasteiger partial charge on any atom is -0.344 e. The van der Waals surface area contributed by atoms with Gasteiger partial charge in [-0.25, -0.2) is 9.37 Å². The monoisotopic (exact) mass is 415 g/mol. The van der Waals surface area contributed by atoms with E-state index in [1.807, 2.05) is 13.8 Å². The van der Waals surface area contributed by atoms with Gasteiger partial charge in [0.15, 0.2) is 5.83 Å². The number of allylic oxidation sites excluding steroid dienone is 1. The second kappa shape index (κ2) is 8.73. The molecular formula is C21H26FN5O3. The number of halogens is 1. The van der Waals surface area contributed by atoms with Gasteiger partial charge >= 0.3 is 0 Å². The fourth-order valence-electron chi connectivity index (χ4n) is 4.24. The fraction of sp³-hybridized carbons (Fsp3) is 0.476. The van der Waals surface area contributed by atoms with Crippen LogP contribution in [-0.4, -0.2) is 57.2 Å². The minimum atomic E-state index is -0.948. The average Bonchev–Trinajstić information content (AvgIpc) is 2.76. The van der Waals surface area contributed by atoms with E-state index in [4.69, 9.17) is 5.41 Å². The van der Waals surface area contributed by atoms with Crippen molar-refractivity contribution < 1.29 is 18.8 Å². The Kier molecular flexibility index (Phi) is 6.28. The zero-order valence-corrected chi connectivity index (χ0v) is 17.2. The smallest absolute Gasteiger partial charge is 0.249 e. The number of piperazine rings is 1. The molecule has 1 saturated heterocycles. The molecule has 9 heteroatoms. The third-order valence-corrected chi connectivity index (χ3v) is 5.97. The highest BCUT2D eigenvalue weighted by Crippen LogP contribution is 2.39. The van der Waals surface area contributed by atoms with Crippen molar-refractivity contribution in [3.8, 4) is 0 Å². The van der Waals surface area contributed by atoms with Gasteiger partial charge in [0, 0.05) is 31.8 Å². The van der Waals surface area contributed by atoms with Crippen molar-refractivity contribution in [1.82, 2.24) is 14.8 Å². The Bertz CT molecular complexity index is 873. The van der Waals surface area contributed by atoms with Crippen molar-refractivity contribution in [1.29, 1.82) is 5.41 Å². The molecule has 2 amide bonds. The van der Waals surface area contributed by atoms with Gasteiger partial charge in [-0.1, -0.05) is 6.07 Å². The molecule has 2 fully saturated rings. The summed E-state index contributed by atoms with van der Waals surface area (Å²) in [5.41, 5.74) is -0.207. The van der Waals surface area contributed by atoms with E-state index in [9.17, 15) is 18.8 Å². The zero-order valence-electron chi connectivity index (χ0n) is 17.2. The molecule has 1 aromatic heterocycles. The van der Waals surface area contributed by atoms with Gasteiger partial charge in [0.2, 0.25) is 11.8 Å². The Morgan fingerprint density at radius 2 is 2.03 bits per heavy atom. The topological polar surface area (TPSA) is 106 Å². The van der Waals surface area contributed by atoms with E-state index >= 15 is 0 Å². The molecule has 1 spiro atoms. The number of likely N-dealkylation sites (N-methyl/N-ethyl adjacent to an activating group) is 1. The number of hydrogen-bond donors (Lipinski definition) is 2. The first-order valence-corrected chi connectivity index (χ1v) is 10.0. The molecule has 2 heterocycles. The molecule has 160 valence electrons. The van der Waals surface area contributed by atoms with Crippen molar-refractivity contribution >= 4 is 29.6 Å². The predicted molar refractivity (Wildman–Crippen MR) is 110 cm³/mol. The van der Waals surface area contributed by atoms with Gasteiger partial charge < -0.3 is 20.5 Å². The molecule has 0 radical (unpaired) electrons. The molecule has 0 aromatic carbocycles. The second-order valence-electron chi connectivity index (χ2n) is 7.61. The summed E-state index contributed by atoms with van der Waals surface area (Å²) in [5, 5.41) is 9.47. The number of nitrogens with one attached hydrogen (secondary N) is 2. The first kappa shape index (κ1) is 21.6. The van der Waals surface area contributed by atoms with Crippen LogP contribution < -0.4 is 5.32 Å². The standard InChI is InChI=1S/C21H26FN5O3/c1-3-27-19(29)13-26(20(30)21(27)8-6-17(28)7-9-21)14(2)15-4-5-18(24-11-15)25-12-16(22)10-23/h4-5,10-12,14,23H,3,6-9,13H2,1-2H3,(H,24,25)/b16-12+,23-10?/t14-/m0/s1. The molecule has 0 bridgehead atoms. The molecular weight excluding hydrogens is 389 g/mol. The molecule has 1 saturated carbocycles. The summed E-state index contributed by atoms with van der Waals surface area (Å²) < 4.78 is 13.0. The van der Waals surface area contributed by atoms with Crippen molar-refractivity contribution in [3.05, 3.63) is 35.9 Å². The largest absolute Gasteiger partial charge is 0.344 e. The molecule has 2 aliphatic rings. The first-order chi connectivity index (χ1) is 14.3. The van der Waals surface area contributed by atoms with Crippen LogP contribution in [0.25, 0.3) is 0 Å². The van der Waals surface area contributed by atoms with Gasteiger partial charge in [-0.15, -0.1) is 0 Å². The number of nitrogens with zero attached hydrogens (tertiary/aromatic N) is 3. The SMILES string of the molecule is CCN1C(=O)CN([C@@H](C)c2ccc(N/C=C(/F)C=N)nc2)C(=O)C12CCC(=O)CC2. The predicted octanol–water partition coefficient (Wildman–Crippen LogP) is 2.59. The molecule has 30 heavy (non-hydrogen) atoms. The molecule has 2 N–H and O–H groups in total. The number of Topliss-reactive ketones (excluding diaryl/α,β-unsaturated/α-hetero) is 1. The zero-order chi connectivity index (χ0) is 21.9. The summed E-state index contributed by atoms with van der Waals surface area (Å²) in [6, 6.07) is 3.02. The van der Waals surface area contributed by atoms with Gasteiger partial charge in [-0.2, -0.15) is 0 Å². The number of amides is 2. The van der Waals surface area contributed by atoms with Crippen LogP contribution in [0.3, 0.4) is 0 Å². The maximum atomic E-state index is 13.5. The third kappa shape index (κ3) is 3.96. The van der Waals surface area contributed by atoms with Gasteiger partial charge in [-0.05, 0) is 38.3 Å². The highest BCUT2D eigenvalue weighted by Gasteiger charge is 2.53. The Labute approximate surface area is 174 Å². The van der Waals surface area contributed by atoms with Crippen LogP contribution in [0.5, 0.6) is 0 Å². The molecule has 0 unspecified atom stereocenters. The molecule has 1 aliphatic heterocycles. The van der Waals surface area contributed by atoms with Crippen molar-refractivity contribution in [3.63, 3.8) is 0 Å². The van der Waals surface area contributed by atoms with Crippen molar-refractivity contribution in [2.45, 2.75) is 51.1 Å². The quantitative estimate of drug-likeness (QED) is 0.695. The number of aromatic nitrogens is 1. The van der Waals surface area contributed by atoms with Crippen LogP contribution in [0.2, 0.25) is 0 Å². The summed E-state index contributed by atoms with van der Waals surface area (Å²) >= 11 is 0. The lowest BCUT2D eigenvalue weighted by atomic mass is 9.76. The van der Waals surface area contributed by atoms with E-state index < -0.39 is 11.4 Å². The van der Waals surface area contributed by atoms with Crippen LogP contribution in [-0.2, 0) is 14.4 Å². The number of pyridine rings is 1. The van der Waals surface area contributed by atoms with Crippen LogP contribution in [0.1, 0.15) is 51.1 Å². The summed E-state index contributed by atoms with van der Waals surface area (Å²) in [6.07, 6.45) is 4.51. The fourth-order valence-corrected chi connectivity index (χ4v) is 4.24. The van der Waals surface area contributed by atoms with E-state index in [-0.39, 0.29) is 30.2 Å². The van der Waals surface area contributed by atoms with Crippen LogP contribution in [0.4, 0.5) is 10.2 Å². The lowest BCUT2D eigenvalue weighted by Crippen LogP contribution is -2.69. The molecule has 1 aromatic rings. The number of anilines is 1. The normalized spacial score (nSPS) is 20.5. The number of hydrogen-bond acceptors (Lipinski definition) is 6. The van der Waals surface area contributed by atoms with Gasteiger partial charge in [0.05, 0.1) is 12.3 Å². The lowest BCUT2D eigenvalue weighted by Gasteiger charge is -2.51. The maximum absolute atomic E-state index is 13.5. The van der Waals surface area contributed by atoms with Crippen LogP contribution >= 0.6 is 0 Å². The molecule has 3 rings (SSSR count).